The monoisotopic (exact) mass is 756 g/mol. The van der Waals surface area contributed by atoms with Gasteiger partial charge in [-0.15, -0.1) is 0 Å². The third kappa shape index (κ3) is 4.52. The van der Waals surface area contributed by atoms with Gasteiger partial charge in [0.1, 0.15) is 0 Å². The Balaban J connectivity index is 1.45. The topological polar surface area (TPSA) is 16.2 Å². The summed E-state index contributed by atoms with van der Waals surface area (Å²) in [5.41, 5.74) is 7.65. The second-order valence-corrected chi connectivity index (χ2v) is 12.9. The third-order valence-electron chi connectivity index (χ3n) is 7.57. The van der Waals surface area contributed by atoms with Gasteiger partial charge in [-0.05, 0) is 0 Å². The van der Waals surface area contributed by atoms with E-state index < -0.39 is 31.6 Å². The van der Waals surface area contributed by atoms with E-state index in [4.69, 9.17) is 8.22 Å². The van der Waals surface area contributed by atoms with E-state index in [1.807, 2.05) is 82.6 Å². The summed E-state index contributed by atoms with van der Waals surface area (Å²) in [4.78, 5) is 8.32. The average molecular weight is 757 g/mol. The van der Waals surface area contributed by atoms with Gasteiger partial charge in [0.25, 0.3) is 0 Å². The van der Waals surface area contributed by atoms with Crippen LogP contribution < -0.4 is 14.7 Å². The van der Waals surface area contributed by atoms with Gasteiger partial charge in [0.05, 0.1) is 0 Å². The molecule has 0 spiro atoms. The van der Waals surface area contributed by atoms with Crippen LogP contribution in [-0.2, 0) is 17.6 Å². The van der Waals surface area contributed by atoms with E-state index in [0.29, 0.717) is 19.7 Å². The Labute approximate surface area is 274 Å². The van der Waals surface area contributed by atoms with Gasteiger partial charge in [0.15, 0.2) is 0 Å². The Morgan fingerprint density at radius 3 is 1.43 bits per heavy atom. The van der Waals surface area contributed by atoms with Crippen LogP contribution in [0, 0.1) is 12.1 Å². The first-order valence-corrected chi connectivity index (χ1v) is 16.3. The fourth-order valence-electron chi connectivity index (χ4n) is 5.57. The molecule has 0 unspecified atom stereocenters. The zero-order valence-electron chi connectivity index (χ0n) is 29.3. The van der Waals surface area contributed by atoms with E-state index in [1.54, 1.807) is 12.4 Å². The molecule has 4 bridgehead atoms. The van der Waals surface area contributed by atoms with Crippen molar-refractivity contribution >= 4 is 36.7 Å². The van der Waals surface area contributed by atoms with Crippen molar-refractivity contribution in [1.29, 1.82) is 0 Å². The molecule has 0 atom stereocenters. The van der Waals surface area contributed by atoms with Crippen molar-refractivity contribution in [2.45, 2.75) is 0 Å². The van der Waals surface area contributed by atoms with Crippen LogP contribution in [0.5, 0.6) is 0 Å². The zero-order valence-corrected chi connectivity index (χ0v) is 25.6. The second-order valence-electron chi connectivity index (χ2n) is 10.2. The van der Waals surface area contributed by atoms with Crippen LogP contribution in [0.25, 0.3) is 22.3 Å². The Hall–Kier alpha value is -4.99. The number of hydrogen-bond acceptors (Lipinski definition) is 5. The van der Waals surface area contributed by atoms with Gasteiger partial charge in [-0.3, -0.25) is 0 Å². The molecule has 3 heterocycles. The Morgan fingerprint density at radius 2 is 0.955 bits per heavy atom. The molecule has 0 aromatic heterocycles. The quantitative estimate of drug-likeness (QED) is 0.174. The maximum atomic E-state index is 8.37. The molecule has 218 valence electrons. The van der Waals surface area contributed by atoms with Crippen LogP contribution >= 0.6 is 0 Å². The molecule has 0 amide bonds. The molecule has 0 N–H and O–H groups in total. The fraction of sp³-hybridized carbons (Fsp3) is 0.0526. The summed E-state index contributed by atoms with van der Waals surface area (Å²) in [6.07, 6.45) is 6.52. The van der Waals surface area contributed by atoms with Crippen LogP contribution in [0.4, 0.5) is 28.4 Å². The van der Waals surface area contributed by atoms with Crippen molar-refractivity contribution in [3.05, 3.63) is 152 Å². The molecule has 0 radical (unpaired) electrons. The summed E-state index contributed by atoms with van der Waals surface area (Å²) < 4.78 is 51.2. The van der Waals surface area contributed by atoms with E-state index in [0.717, 1.165) is 39.3 Å². The van der Waals surface area contributed by atoms with E-state index >= 15 is 0 Å². The first kappa shape index (κ1) is 20.8. The summed E-state index contributed by atoms with van der Waals surface area (Å²) >= 11 is -1.42. The summed E-state index contributed by atoms with van der Waals surface area (Å²) in [5, 5.41) is 0. The molecule has 5 nitrogen and oxygen atoms in total. The van der Waals surface area contributed by atoms with Crippen LogP contribution in [0.3, 0.4) is 0 Å². The molecule has 5 aromatic carbocycles. The molecule has 3 aliphatic heterocycles. The predicted octanol–water partition coefficient (Wildman–Crippen LogP) is 7.81. The minimum atomic E-state index is -2.49. The van der Waals surface area contributed by atoms with Crippen LogP contribution in [0.1, 0.15) is 8.22 Å². The number of hydrogen-bond donors (Lipinski definition) is 0. The molecule has 6 heteroatoms. The number of fused-ring (bicyclic) bond motifs is 8. The number of benzene rings is 5. The SMILES string of the molecule is [2H]C([2H])([2H])N1C=CN2[C]1=[Pt]=[C]1N(C=CN1C([2H])([2H])[2H])c1[c-]c(ccc1)N(c1c(-c3ccccc3)cccc1-c1ccccc1)c1[c-]c2ccc1. The number of anilines is 5. The summed E-state index contributed by atoms with van der Waals surface area (Å²) in [7, 11) is 0. The van der Waals surface area contributed by atoms with Crippen molar-refractivity contribution in [3.63, 3.8) is 0 Å². The van der Waals surface area contributed by atoms with Gasteiger partial charge in [0.2, 0.25) is 0 Å². The number of nitrogens with zero attached hydrogens (tertiary/aromatic N) is 5. The van der Waals surface area contributed by atoms with Gasteiger partial charge in [0, 0.05) is 0 Å². The van der Waals surface area contributed by atoms with Gasteiger partial charge in [-0.25, -0.2) is 0 Å². The number of rotatable bonds is 3. The Bertz CT molecular complexity index is 2080. The van der Waals surface area contributed by atoms with Crippen molar-refractivity contribution in [3.8, 4) is 22.3 Å². The minimum absolute atomic E-state index is 0.481. The van der Waals surface area contributed by atoms with Crippen molar-refractivity contribution in [2.24, 2.45) is 0 Å². The molecule has 0 saturated heterocycles. The molecule has 0 fully saturated rings. The van der Waals surface area contributed by atoms with E-state index in [9.17, 15) is 0 Å². The first-order chi connectivity index (χ1) is 24.1. The zero-order chi connectivity index (χ0) is 34.6. The van der Waals surface area contributed by atoms with Gasteiger partial charge >= 0.3 is 275 Å². The van der Waals surface area contributed by atoms with E-state index in [-0.39, 0.29) is 0 Å². The molecular weight excluding hydrogens is 722 g/mol. The average Bonchev–Trinajstić information content (AvgIpc) is 3.75. The van der Waals surface area contributed by atoms with Gasteiger partial charge < -0.3 is 0 Å². The predicted molar refractivity (Wildman–Crippen MR) is 178 cm³/mol. The molecule has 5 aromatic rings. The second kappa shape index (κ2) is 10.9. The molecule has 0 aliphatic carbocycles. The third-order valence-corrected chi connectivity index (χ3v) is 10.8. The maximum absolute atomic E-state index is 8.37. The molecule has 44 heavy (non-hydrogen) atoms. The van der Waals surface area contributed by atoms with E-state index in [2.05, 4.69) is 59.5 Å². The van der Waals surface area contributed by atoms with Crippen molar-refractivity contribution in [2.75, 3.05) is 28.7 Å². The standard InChI is InChI=1S/C38H29N5.Pt/c1-39-22-24-41(28-39)32-16-9-18-34(26-32)43(35-19-10-17-33(27-35)42-25-23-40(2)29-42)38-36(30-12-5-3-6-13-30)20-11-21-37(38)31-14-7-4-8-15-31;/h3-25H,1-2H3;/q-2;/i1D3,2D3;. The molecule has 0 saturated carbocycles. The van der Waals surface area contributed by atoms with Crippen LogP contribution in [-0.4, -0.2) is 32.0 Å². The van der Waals surface area contributed by atoms with Gasteiger partial charge in [-0.1, -0.05) is 0 Å². The Kier molecular flexibility index (Phi) is 5.18. The molecule has 3 aliphatic rings. The van der Waals surface area contributed by atoms with Crippen LogP contribution in [0.15, 0.2) is 140 Å². The fourth-order valence-corrected chi connectivity index (χ4v) is 8.35. The van der Waals surface area contributed by atoms with Gasteiger partial charge in [-0.2, -0.15) is 0 Å². The number of para-hydroxylation sites is 1. The molecular formula is C38H29N5Pt-2. The summed E-state index contributed by atoms with van der Waals surface area (Å²) in [5.74, 6) is 0. The first-order valence-electron chi connectivity index (χ1n) is 17.0. The van der Waals surface area contributed by atoms with Crippen LogP contribution in [0.2, 0.25) is 0 Å². The van der Waals surface area contributed by atoms with Crippen molar-refractivity contribution in [1.82, 2.24) is 9.80 Å². The summed E-state index contributed by atoms with van der Waals surface area (Å²) in [6, 6.07) is 45.6. The van der Waals surface area contributed by atoms with E-state index in [1.165, 1.54) is 22.2 Å². The van der Waals surface area contributed by atoms with Crippen molar-refractivity contribution < 1.29 is 25.9 Å². The summed E-state index contributed by atoms with van der Waals surface area (Å²) in [6.45, 7) is -4.98. The normalized spacial score (nSPS) is 18.1. The molecule has 8 rings (SSSR count). The Morgan fingerprint density at radius 1 is 0.500 bits per heavy atom.